The van der Waals surface area contributed by atoms with Gasteiger partial charge in [0.05, 0.1) is 19.8 Å². The lowest BCUT2D eigenvalue weighted by molar-refractivity contribution is -0.158. The van der Waals surface area contributed by atoms with Crippen molar-refractivity contribution >= 4 is 11.9 Å². The molecule has 0 atom stereocenters. The summed E-state index contributed by atoms with van der Waals surface area (Å²) in [5, 5.41) is 4.41. The summed E-state index contributed by atoms with van der Waals surface area (Å²) >= 11 is 0. The molecule has 2 aromatic rings. The van der Waals surface area contributed by atoms with Gasteiger partial charge in [-0.1, -0.05) is 31.1 Å². The molecular weight excluding hydrogens is 502 g/mol. The maximum Gasteiger partial charge on any atom is 0.349 e. The molecule has 10 heteroatoms. The third-order valence-corrected chi connectivity index (χ3v) is 6.59. The van der Waals surface area contributed by atoms with Gasteiger partial charge in [0.15, 0.2) is 5.60 Å². The third kappa shape index (κ3) is 8.15. The summed E-state index contributed by atoms with van der Waals surface area (Å²) in [6.45, 7) is 7.59. The second kappa shape index (κ2) is 13.9. The first kappa shape index (κ1) is 29.9. The molecule has 0 radical (unpaired) electrons. The number of aromatic nitrogens is 3. The Bertz CT molecular complexity index is 1290. The Labute approximate surface area is 228 Å². The van der Waals surface area contributed by atoms with Crippen LogP contribution in [0.5, 0.6) is 5.75 Å². The average Bonchev–Trinajstić information content (AvgIpc) is 3.42. The molecule has 0 saturated heterocycles. The molecule has 0 spiro atoms. The highest BCUT2D eigenvalue weighted by Gasteiger charge is 2.31. The van der Waals surface area contributed by atoms with E-state index in [2.05, 4.69) is 5.10 Å². The molecule has 0 aliphatic heterocycles. The Hall–Kier alpha value is -3.69. The molecule has 0 N–H and O–H groups in total. The summed E-state index contributed by atoms with van der Waals surface area (Å²) < 4.78 is 18.4. The van der Waals surface area contributed by atoms with Crippen molar-refractivity contribution in [2.75, 3.05) is 13.2 Å². The van der Waals surface area contributed by atoms with Crippen LogP contribution in [0.4, 0.5) is 0 Å². The number of ether oxygens (including phenoxy) is 3. The maximum absolute atomic E-state index is 13.3. The smallest absolute Gasteiger partial charge is 0.349 e. The highest BCUT2D eigenvalue weighted by molar-refractivity contribution is 5.81. The minimum absolute atomic E-state index is 0.0289. The van der Waals surface area contributed by atoms with Gasteiger partial charge in [0, 0.05) is 18.5 Å². The lowest BCUT2D eigenvalue weighted by Crippen LogP contribution is -2.44. The fraction of sp³-hybridized carbons (Fsp3) is 0.552. The van der Waals surface area contributed by atoms with Crippen molar-refractivity contribution < 1.29 is 23.8 Å². The number of carbonyl (C=O) groups excluding carboxylic acids is 2. The molecule has 212 valence electrons. The first-order valence-corrected chi connectivity index (χ1v) is 13.7. The van der Waals surface area contributed by atoms with Crippen molar-refractivity contribution in [3.63, 3.8) is 0 Å². The predicted molar refractivity (Wildman–Crippen MR) is 146 cm³/mol. The van der Waals surface area contributed by atoms with Crippen molar-refractivity contribution in [1.29, 1.82) is 0 Å². The van der Waals surface area contributed by atoms with E-state index in [0.29, 0.717) is 24.3 Å². The Morgan fingerprint density at radius 2 is 1.82 bits per heavy atom. The van der Waals surface area contributed by atoms with Gasteiger partial charge in [-0.15, -0.1) is 0 Å². The second-order valence-electron chi connectivity index (χ2n) is 10.0. The van der Waals surface area contributed by atoms with E-state index >= 15 is 0 Å². The number of benzene rings is 1. The zero-order valence-electron chi connectivity index (χ0n) is 23.3. The van der Waals surface area contributed by atoms with Crippen molar-refractivity contribution in [3.05, 3.63) is 68.5 Å². The van der Waals surface area contributed by atoms with Crippen molar-refractivity contribution in [1.82, 2.24) is 14.3 Å². The van der Waals surface area contributed by atoms with E-state index in [4.69, 9.17) is 14.2 Å². The topological polar surface area (TPSA) is 119 Å². The lowest BCUT2D eigenvalue weighted by atomic mass is 10.0. The van der Waals surface area contributed by atoms with E-state index in [0.717, 1.165) is 31.2 Å². The first-order valence-electron chi connectivity index (χ1n) is 13.7. The summed E-state index contributed by atoms with van der Waals surface area (Å²) in [5.41, 5.74) is -0.631. The Morgan fingerprint density at radius 1 is 1.10 bits per heavy atom. The number of esters is 2. The molecule has 1 aliphatic carbocycles. The number of hydrogen-bond donors (Lipinski definition) is 0. The number of nitrogens with zero attached hydrogens (tertiary/aromatic N) is 3. The molecule has 1 aromatic carbocycles. The van der Waals surface area contributed by atoms with Gasteiger partial charge in [0.2, 0.25) is 0 Å². The fourth-order valence-electron chi connectivity index (χ4n) is 4.64. The minimum Gasteiger partial charge on any atom is -0.476 e. The largest absolute Gasteiger partial charge is 0.476 e. The molecule has 3 rings (SSSR count). The molecule has 1 fully saturated rings. The molecule has 0 bridgehead atoms. The zero-order chi connectivity index (χ0) is 28.4. The van der Waals surface area contributed by atoms with E-state index in [1.165, 1.54) is 21.4 Å². The standard InChI is InChI=1S/C29H39N3O7/c1-5-37-24(33)17-11-19-32-28(36)31(26(34)25(30-32)22-14-7-8-15-22)18-10-13-21-12-9-16-23(20-21)39-29(3,4)27(35)38-6-2/h9,11-12,16-17,20,22H,5-8,10,13-15,18-19H2,1-4H3/b17-11+. The van der Waals surface area contributed by atoms with Crippen molar-refractivity contribution in [3.8, 4) is 5.75 Å². The minimum atomic E-state index is -1.14. The number of carbonyl (C=O) groups is 2. The summed E-state index contributed by atoms with van der Waals surface area (Å²) in [4.78, 5) is 50.3. The molecule has 1 aliphatic rings. The molecular formula is C29H39N3O7. The summed E-state index contributed by atoms with van der Waals surface area (Å²) in [6.07, 6.45) is 7.70. The zero-order valence-corrected chi connectivity index (χ0v) is 23.3. The summed E-state index contributed by atoms with van der Waals surface area (Å²) in [5.74, 6) is -0.377. The van der Waals surface area contributed by atoms with Crippen LogP contribution >= 0.6 is 0 Å². The van der Waals surface area contributed by atoms with Crippen molar-refractivity contribution in [2.45, 2.75) is 90.8 Å². The molecule has 1 saturated carbocycles. The molecule has 39 heavy (non-hydrogen) atoms. The first-order chi connectivity index (χ1) is 18.7. The third-order valence-electron chi connectivity index (χ3n) is 6.59. The fourth-order valence-corrected chi connectivity index (χ4v) is 4.64. The Kier molecular flexibility index (Phi) is 10.7. The Balaban J connectivity index is 1.76. The summed E-state index contributed by atoms with van der Waals surface area (Å²) in [7, 11) is 0. The van der Waals surface area contributed by atoms with Crippen LogP contribution in [0.1, 0.15) is 77.0 Å². The molecule has 0 amide bonds. The van der Waals surface area contributed by atoms with Crippen LogP contribution in [0, 0.1) is 0 Å². The molecule has 10 nitrogen and oxygen atoms in total. The van der Waals surface area contributed by atoms with Gasteiger partial charge in [-0.2, -0.15) is 5.10 Å². The predicted octanol–water partition coefficient (Wildman–Crippen LogP) is 3.54. The van der Waals surface area contributed by atoms with E-state index in [9.17, 15) is 19.2 Å². The monoisotopic (exact) mass is 541 g/mol. The Morgan fingerprint density at radius 3 is 2.51 bits per heavy atom. The highest BCUT2D eigenvalue weighted by atomic mass is 16.6. The average molecular weight is 542 g/mol. The lowest BCUT2D eigenvalue weighted by Gasteiger charge is -2.24. The maximum atomic E-state index is 13.3. The van der Waals surface area contributed by atoms with Crippen LogP contribution in [0.15, 0.2) is 46.0 Å². The quantitative estimate of drug-likeness (QED) is 0.279. The van der Waals surface area contributed by atoms with E-state index in [1.54, 1.807) is 33.8 Å². The highest BCUT2D eigenvalue weighted by Crippen LogP contribution is 2.31. The van der Waals surface area contributed by atoms with Crippen LogP contribution in [0.2, 0.25) is 0 Å². The SMILES string of the molecule is CCOC(=O)/C=C/Cn1nc(C2CCCC2)c(=O)n(CCCc2cccc(OC(C)(C)C(=O)OCC)c2)c1=O. The van der Waals surface area contributed by atoms with Gasteiger partial charge >= 0.3 is 17.6 Å². The van der Waals surface area contributed by atoms with Crippen LogP contribution in [-0.4, -0.2) is 45.1 Å². The normalized spacial score (nSPS) is 14.1. The molecule has 1 aromatic heterocycles. The second-order valence-corrected chi connectivity index (χ2v) is 10.0. The number of allylic oxidation sites excluding steroid dienone is 1. The van der Waals surface area contributed by atoms with Crippen LogP contribution < -0.4 is 16.0 Å². The molecule has 1 heterocycles. The molecule has 0 unspecified atom stereocenters. The summed E-state index contributed by atoms with van der Waals surface area (Å²) in [6, 6.07) is 7.39. The van der Waals surface area contributed by atoms with Gasteiger partial charge in [0.1, 0.15) is 11.4 Å². The van der Waals surface area contributed by atoms with E-state index in [-0.39, 0.29) is 37.8 Å². The number of aryl methyl sites for hydroxylation is 1. The number of hydrogen-bond acceptors (Lipinski definition) is 8. The van der Waals surface area contributed by atoms with Gasteiger partial charge in [-0.05, 0) is 71.1 Å². The van der Waals surface area contributed by atoms with E-state index in [1.807, 2.05) is 18.2 Å². The van der Waals surface area contributed by atoms with Crippen LogP contribution in [-0.2, 0) is 38.6 Å². The van der Waals surface area contributed by atoms with Crippen molar-refractivity contribution in [2.24, 2.45) is 0 Å². The van der Waals surface area contributed by atoms with Crippen LogP contribution in [0.25, 0.3) is 0 Å². The van der Waals surface area contributed by atoms with Gasteiger partial charge < -0.3 is 14.2 Å². The van der Waals surface area contributed by atoms with E-state index < -0.39 is 23.2 Å². The van der Waals surface area contributed by atoms with Gasteiger partial charge in [0.25, 0.3) is 5.56 Å². The van der Waals surface area contributed by atoms with Gasteiger partial charge in [-0.25, -0.2) is 19.1 Å². The van der Waals surface area contributed by atoms with Gasteiger partial charge in [-0.3, -0.25) is 9.36 Å². The van der Waals surface area contributed by atoms with Crippen LogP contribution in [0.3, 0.4) is 0 Å². The number of rotatable bonds is 13.